The first-order valence-electron chi connectivity index (χ1n) is 14.7. The Bertz CT molecular complexity index is 1370. The summed E-state index contributed by atoms with van der Waals surface area (Å²) in [6, 6.07) is 23.6. The molecule has 0 radical (unpaired) electrons. The number of hydrogen-bond donors (Lipinski definition) is 1. The zero-order valence-corrected chi connectivity index (χ0v) is 27.1. The van der Waals surface area contributed by atoms with Gasteiger partial charge in [0.25, 0.3) is 8.32 Å². The lowest BCUT2D eigenvalue weighted by molar-refractivity contribution is 0.0586. The van der Waals surface area contributed by atoms with Gasteiger partial charge < -0.3 is 23.7 Å². The highest BCUT2D eigenvalue weighted by Crippen LogP contribution is 2.39. The van der Waals surface area contributed by atoms with Gasteiger partial charge in [0.05, 0.1) is 25.4 Å². The maximum atomic E-state index is 12.8. The molecule has 1 aliphatic rings. The van der Waals surface area contributed by atoms with Crippen LogP contribution >= 0.6 is 0 Å². The van der Waals surface area contributed by atoms with Crippen molar-refractivity contribution in [3.05, 3.63) is 83.9 Å². The molecule has 3 aromatic carbocycles. The van der Waals surface area contributed by atoms with Crippen molar-refractivity contribution in [3.63, 3.8) is 0 Å². The molecule has 4 rings (SSSR count). The smallest absolute Gasteiger partial charge is 0.407 e. The molecule has 1 fully saturated rings. The van der Waals surface area contributed by atoms with Crippen LogP contribution in [0.1, 0.15) is 57.0 Å². The molecule has 0 aliphatic carbocycles. The number of rotatable bonds is 10. The van der Waals surface area contributed by atoms with Crippen molar-refractivity contribution in [2.75, 3.05) is 20.3 Å². The van der Waals surface area contributed by atoms with Gasteiger partial charge >= 0.3 is 12.1 Å². The van der Waals surface area contributed by atoms with Gasteiger partial charge in [0.15, 0.2) is 0 Å². The predicted octanol–water partition coefficient (Wildman–Crippen LogP) is 5.65. The van der Waals surface area contributed by atoms with Crippen molar-refractivity contribution >= 4 is 30.8 Å². The number of benzene rings is 3. The maximum Gasteiger partial charge on any atom is 0.407 e. The van der Waals surface area contributed by atoms with Gasteiger partial charge in [-0.2, -0.15) is 0 Å². The summed E-state index contributed by atoms with van der Waals surface area (Å²) in [5.74, 6) is 0.0792. The lowest BCUT2D eigenvalue weighted by atomic mass is 10.1. The molecular formula is C34H43NO7Si. The average molecular weight is 606 g/mol. The molecule has 1 saturated heterocycles. The molecule has 1 N–H and O–H groups in total. The van der Waals surface area contributed by atoms with Crippen LogP contribution < -0.4 is 19.8 Å². The summed E-state index contributed by atoms with van der Waals surface area (Å²) in [6.07, 6.45) is -1.11. The summed E-state index contributed by atoms with van der Waals surface area (Å²) >= 11 is 0. The lowest BCUT2D eigenvalue weighted by Gasteiger charge is -2.44. The molecule has 0 saturated carbocycles. The first kappa shape index (κ1) is 32.1. The lowest BCUT2D eigenvalue weighted by Crippen LogP contribution is -2.67. The molecule has 1 heterocycles. The van der Waals surface area contributed by atoms with Gasteiger partial charge in [-0.1, -0.05) is 81.4 Å². The SMILES string of the molecule is COC(=O)c1c(OC[C@@H]2C[C@@H](O[Si](c3ccccc3)(c3ccccc3)C(C)(C)C)CN2C(=O)O)cc(C)cc1OC(C)C. The highest BCUT2D eigenvalue weighted by molar-refractivity contribution is 6.99. The van der Waals surface area contributed by atoms with Gasteiger partial charge in [-0.15, -0.1) is 0 Å². The Hall–Kier alpha value is -3.82. The zero-order valence-electron chi connectivity index (χ0n) is 26.1. The third-order valence-electron chi connectivity index (χ3n) is 7.78. The number of esters is 1. The number of carboxylic acid groups (broad SMARTS) is 1. The van der Waals surface area contributed by atoms with Crippen LogP contribution in [0.2, 0.25) is 5.04 Å². The molecule has 0 bridgehead atoms. The maximum absolute atomic E-state index is 12.8. The quantitative estimate of drug-likeness (QED) is 0.236. The Kier molecular flexibility index (Phi) is 9.87. The van der Waals surface area contributed by atoms with E-state index in [0.29, 0.717) is 17.9 Å². The summed E-state index contributed by atoms with van der Waals surface area (Å²) in [4.78, 5) is 26.6. The van der Waals surface area contributed by atoms with Crippen molar-refractivity contribution in [2.24, 2.45) is 0 Å². The van der Waals surface area contributed by atoms with E-state index in [1.165, 1.54) is 12.0 Å². The Balaban J connectivity index is 1.66. The largest absolute Gasteiger partial charge is 0.490 e. The highest BCUT2D eigenvalue weighted by atomic mass is 28.4. The number of aryl methyl sites for hydroxylation is 1. The number of methoxy groups -OCH3 is 1. The van der Waals surface area contributed by atoms with Gasteiger partial charge in [0.2, 0.25) is 0 Å². The molecule has 9 heteroatoms. The Morgan fingerprint density at radius 2 is 1.53 bits per heavy atom. The van der Waals surface area contributed by atoms with Crippen LogP contribution in [0.15, 0.2) is 72.8 Å². The summed E-state index contributed by atoms with van der Waals surface area (Å²) < 4.78 is 24.4. The molecule has 0 aromatic heterocycles. The second-order valence-electron chi connectivity index (χ2n) is 12.3. The second kappa shape index (κ2) is 13.2. The molecule has 0 unspecified atom stereocenters. The fraction of sp³-hybridized carbons (Fsp3) is 0.412. The molecule has 230 valence electrons. The van der Waals surface area contributed by atoms with Gasteiger partial charge in [0, 0.05) is 6.54 Å². The molecule has 8 nitrogen and oxygen atoms in total. The van der Waals surface area contributed by atoms with Crippen LogP contribution in [0.25, 0.3) is 0 Å². The summed E-state index contributed by atoms with van der Waals surface area (Å²) in [5, 5.41) is 12.2. The minimum Gasteiger partial charge on any atom is -0.490 e. The summed E-state index contributed by atoms with van der Waals surface area (Å²) in [6.45, 7) is 12.5. The van der Waals surface area contributed by atoms with E-state index in [0.717, 1.165) is 15.9 Å². The van der Waals surface area contributed by atoms with E-state index >= 15 is 0 Å². The Labute approximate surface area is 255 Å². The Morgan fingerprint density at radius 1 is 0.977 bits per heavy atom. The molecule has 1 aliphatic heterocycles. The summed E-state index contributed by atoms with van der Waals surface area (Å²) in [7, 11) is -1.59. The molecule has 3 aromatic rings. The minimum atomic E-state index is -2.89. The predicted molar refractivity (Wildman–Crippen MR) is 169 cm³/mol. The van der Waals surface area contributed by atoms with Crippen molar-refractivity contribution in [1.82, 2.24) is 4.90 Å². The number of carbonyl (C=O) groups is 2. The van der Waals surface area contributed by atoms with Crippen molar-refractivity contribution in [3.8, 4) is 11.5 Å². The van der Waals surface area contributed by atoms with Gasteiger partial charge in [-0.05, 0) is 60.3 Å². The van der Waals surface area contributed by atoms with Crippen LogP contribution in [0.4, 0.5) is 4.79 Å². The number of nitrogens with zero attached hydrogens (tertiary/aromatic N) is 1. The molecule has 0 spiro atoms. The molecule has 2 atom stereocenters. The first-order valence-corrected chi connectivity index (χ1v) is 16.6. The van der Waals surface area contributed by atoms with Gasteiger partial charge in [0.1, 0.15) is 23.7 Å². The monoisotopic (exact) mass is 605 g/mol. The number of hydrogen-bond acceptors (Lipinski definition) is 6. The number of likely N-dealkylation sites (tertiary alicyclic amines) is 1. The van der Waals surface area contributed by atoms with E-state index in [4.69, 9.17) is 18.6 Å². The number of ether oxygens (including phenoxy) is 3. The average Bonchev–Trinajstić information content (AvgIpc) is 3.37. The standard InChI is InChI=1S/C34H43NO7Si/c1-23(2)41-30-19-24(3)18-29(31(30)32(36)39-7)40-22-25-20-26(21-35(25)33(37)38)42-43(34(4,5)6,27-14-10-8-11-15-27)28-16-12-9-13-17-28/h8-19,23,25-26H,20-22H2,1-7H3,(H,37,38)/t25-,26+/m0/s1. The van der Waals surface area contributed by atoms with Crippen molar-refractivity contribution < 1.29 is 33.3 Å². The van der Waals surface area contributed by atoms with E-state index in [2.05, 4.69) is 45.0 Å². The van der Waals surface area contributed by atoms with Crippen molar-refractivity contribution in [1.29, 1.82) is 0 Å². The van der Waals surface area contributed by atoms with Crippen LogP contribution in [0, 0.1) is 6.92 Å². The third-order valence-corrected chi connectivity index (χ3v) is 12.9. The van der Waals surface area contributed by atoms with Crippen LogP contribution in [-0.4, -0.2) is 68.9 Å². The second-order valence-corrected chi connectivity index (χ2v) is 16.6. The van der Waals surface area contributed by atoms with E-state index in [1.807, 2.05) is 57.2 Å². The zero-order chi connectivity index (χ0) is 31.4. The van der Waals surface area contributed by atoms with E-state index in [-0.39, 0.29) is 36.0 Å². The van der Waals surface area contributed by atoms with E-state index in [9.17, 15) is 14.7 Å². The number of amides is 1. The molecular weight excluding hydrogens is 562 g/mol. The van der Waals surface area contributed by atoms with Gasteiger partial charge in [-0.3, -0.25) is 4.90 Å². The van der Waals surface area contributed by atoms with Crippen molar-refractivity contribution in [2.45, 2.75) is 71.3 Å². The fourth-order valence-corrected chi connectivity index (χ4v) is 10.6. The van der Waals surface area contributed by atoms with Crippen LogP contribution in [0.3, 0.4) is 0 Å². The summed E-state index contributed by atoms with van der Waals surface area (Å²) in [5.41, 5.74) is 1.02. The fourth-order valence-electron chi connectivity index (χ4n) is 5.96. The number of carbonyl (C=O) groups excluding carboxylic acids is 1. The van der Waals surface area contributed by atoms with E-state index < -0.39 is 26.4 Å². The first-order chi connectivity index (χ1) is 20.4. The van der Waals surface area contributed by atoms with Crippen LogP contribution in [-0.2, 0) is 9.16 Å². The normalized spacial score (nSPS) is 17.2. The molecule has 43 heavy (non-hydrogen) atoms. The van der Waals surface area contributed by atoms with Gasteiger partial charge in [-0.25, -0.2) is 9.59 Å². The Morgan fingerprint density at radius 3 is 2.02 bits per heavy atom. The van der Waals surface area contributed by atoms with Crippen LogP contribution in [0.5, 0.6) is 11.5 Å². The minimum absolute atomic E-state index is 0.0431. The topological polar surface area (TPSA) is 94.5 Å². The highest BCUT2D eigenvalue weighted by Gasteiger charge is 2.53. The third kappa shape index (κ3) is 6.89. The van der Waals surface area contributed by atoms with E-state index in [1.54, 1.807) is 12.1 Å². The molecule has 1 amide bonds.